The lowest BCUT2D eigenvalue weighted by atomic mass is 9.95. The number of benzene rings is 1. The first-order valence-electron chi connectivity index (χ1n) is 10.5. The van der Waals surface area contributed by atoms with Crippen molar-refractivity contribution in [2.75, 3.05) is 19.7 Å². The Hall–Kier alpha value is -2.45. The zero-order valence-corrected chi connectivity index (χ0v) is 16.8. The zero-order chi connectivity index (χ0) is 21.6. The molecule has 1 saturated heterocycles. The summed E-state index contributed by atoms with van der Waals surface area (Å²) < 4.78 is 41.2. The smallest absolute Gasteiger partial charge is 0.422 e. The third-order valence-electron chi connectivity index (χ3n) is 5.57. The van der Waals surface area contributed by atoms with Crippen molar-refractivity contribution < 1.29 is 27.5 Å². The van der Waals surface area contributed by atoms with Crippen LogP contribution >= 0.6 is 0 Å². The second kappa shape index (κ2) is 10.0. The van der Waals surface area contributed by atoms with Crippen LogP contribution in [-0.4, -0.2) is 54.8 Å². The number of ether oxygens (including phenoxy) is 1. The number of likely N-dealkylation sites (tertiary alicyclic amines) is 1. The predicted molar refractivity (Wildman–Crippen MR) is 105 cm³/mol. The average Bonchev–Trinajstić information content (AvgIpc) is 2.73. The maximum absolute atomic E-state index is 12.4. The van der Waals surface area contributed by atoms with Crippen LogP contribution in [0, 0.1) is 0 Å². The van der Waals surface area contributed by atoms with Crippen molar-refractivity contribution in [3.63, 3.8) is 0 Å². The summed E-state index contributed by atoms with van der Waals surface area (Å²) in [5.41, 5.74) is 0.354. The molecule has 0 atom stereocenters. The second-order valence-corrected chi connectivity index (χ2v) is 7.95. The molecule has 1 aliphatic carbocycles. The van der Waals surface area contributed by atoms with E-state index in [1.807, 2.05) is 0 Å². The fourth-order valence-electron chi connectivity index (χ4n) is 3.88. The van der Waals surface area contributed by atoms with Gasteiger partial charge in [-0.15, -0.1) is 0 Å². The summed E-state index contributed by atoms with van der Waals surface area (Å²) in [6.07, 6.45) is 2.56. The first kappa shape index (κ1) is 22.2. The molecule has 2 N–H and O–H groups in total. The number of carbonyl (C=O) groups is 2. The molecule has 1 aromatic rings. The first-order valence-corrected chi connectivity index (χ1v) is 10.5. The minimum atomic E-state index is -4.40. The van der Waals surface area contributed by atoms with Crippen LogP contribution in [0.3, 0.4) is 0 Å². The molecular formula is C21H28F3N3O3. The van der Waals surface area contributed by atoms with Gasteiger partial charge in [0.15, 0.2) is 6.61 Å². The summed E-state index contributed by atoms with van der Waals surface area (Å²) in [6.45, 7) is -0.215. The van der Waals surface area contributed by atoms with E-state index in [0.29, 0.717) is 31.5 Å². The molecule has 30 heavy (non-hydrogen) atoms. The minimum absolute atomic E-state index is 0.0267. The van der Waals surface area contributed by atoms with Gasteiger partial charge in [0.1, 0.15) is 5.75 Å². The standard InChI is InChI=1S/C21H28F3N3O3/c22-21(23,24)14-30-18-8-6-15(7-9-18)19(28)25-17-10-12-27(13-11-17)20(29)26-16-4-2-1-3-5-16/h6-9,16-17H,1-5,10-14H2,(H,25,28)(H,26,29). The van der Waals surface area contributed by atoms with Gasteiger partial charge in [-0.25, -0.2) is 4.79 Å². The maximum atomic E-state index is 12.4. The van der Waals surface area contributed by atoms with E-state index in [-0.39, 0.29) is 29.8 Å². The van der Waals surface area contributed by atoms with Gasteiger partial charge >= 0.3 is 12.2 Å². The van der Waals surface area contributed by atoms with Crippen LogP contribution in [0.15, 0.2) is 24.3 Å². The van der Waals surface area contributed by atoms with E-state index in [0.717, 1.165) is 25.7 Å². The molecule has 166 valence electrons. The summed E-state index contributed by atoms with van der Waals surface area (Å²) >= 11 is 0. The summed E-state index contributed by atoms with van der Waals surface area (Å²) in [5, 5.41) is 6.05. The van der Waals surface area contributed by atoms with Crippen molar-refractivity contribution in [2.45, 2.75) is 63.2 Å². The monoisotopic (exact) mass is 427 g/mol. The van der Waals surface area contributed by atoms with Gasteiger partial charge in [-0.05, 0) is 49.9 Å². The van der Waals surface area contributed by atoms with Crippen molar-refractivity contribution in [3.05, 3.63) is 29.8 Å². The highest BCUT2D eigenvalue weighted by molar-refractivity contribution is 5.94. The highest BCUT2D eigenvalue weighted by atomic mass is 19.4. The Bertz CT molecular complexity index is 710. The van der Waals surface area contributed by atoms with Gasteiger partial charge in [0.05, 0.1) is 0 Å². The number of amides is 3. The molecule has 1 aliphatic heterocycles. The Kier molecular flexibility index (Phi) is 7.44. The third kappa shape index (κ3) is 6.81. The number of alkyl halides is 3. The fraction of sp³-hybridized carbons (Fsp3) is 0.619. The SMILES string of the molecule is O=C(NC1CCN(C(=O)NC2CCCCC2)CC1)c1ccc(OCC(F)(F)F)cc1. The van der Waals surface area contributed by atoms with E-state index in [2.05, 4.69) is 15.4 Å². The van der Waals surface area contributed by atoms with Crippen LogP contribution in [0.2, 0.25) is 0 Å². The van der Waals surface area contributed by atoms with Crippen LogP contribution in [0.4, 0.5) is 18.0 Å². The van der Waals surface area contributed by atoms with Crippen molar-refractivity contribution in [1.29, 1.82) is 0 Å². The number of halogens is 3. The third-order valence-corrected chi connectivity index (χ3v) is 5.57. The van der Waals surface area contributed by atoms with Gasteiger partial charge in [0.2, 0.25) is 0 Å². The van der Waals surface area contributed by atoms with Crippen LogP contribution in [-0.2, 0) is 0 Å². The molecule has 0 aromatic heterocycles. The molecule has 3 rings (SSSR count). The van der Waals surface area contributed by atoms with E-state index in [4.69, 9.17) is 0 Å². The van der Waals surface area contributed by atoms with Gasteiger partial charge in [-0.2, -0.15) is 13.2 Å². The molecule has 1 saturated carbocycles. The molecule has 6 nitrogen and oxygen atoms in total. The highest BCUT2D eigenvalue weighted by Gasteiger charge is 2.28. The lowest BCUT2D eigenvalue weighted by Gasteiger charge is -2.34. The van der Waals surface area contributed by atoms with E-state index in [9.17, 15) is 22.8 Å². The fourth-order valence-corrected chi connectivity index (χ4v) is 3.88. The minimum Gasteiger partial charge on any atom is -0.484 e. The zero-order valence-electron chi connectivity index (χ0n) is 16.8. The largest absolute Gasteiger partial charge is 0.484 e. The van der Waals surface area contributed by atoms with Gasteiger partial charge in [-0.1, -0.05) is 19.3 Å². The molecular weight excluding hydrogens is 399 g/mol. The van der Waals surface area contributed by atoms with E-state index in [1.54, 1.807) is 4.90 Å². The number of nitrogens with zero attached hydrogens (tertiary/aromatic N) is 1. The summed E-state index contributed by atoms with van der Waals surface area (Å²) in [7, 11) is 0. The normalized spacial score (nSPS) is 18.7. The Labute approximate surface area is 174 Å². The molecule has 3 amide bonds. The molecule has 2 aliphatic rings. The number of hydrogen-bond acceptors (Lipinski definition) is 3. The van der Waals surface area contributed by atoms with Crippen molar-refractivity contribution in [1.82, 2.24) is 15.5 Å². The average molecular weight is 427 g/mol. The van der Waals surface area contributed by atoms with E-state index < -0.39 is 12.8 Å². The Balaban J connectivity index is 1.40. The van der Waals surface area contributed by atoms with Crippen LogP contribution < -0.4 is 15.4 Å². The lowest BCUT2D eigenvalue weighted by Crippen LogP contribution is -2.51. The number of rotatable bonds is 5. The summed E-state index contributed by atoms with van der Waals surface area (Å²) in [5.74, 6) is -0.233. The summed E-state index contributed by atoms with van der Waals surface area (Å²) in [6, 6.07) is 5.77. The number of carbonyl (C=O) groups excluding carboxylic acids is 2. The molecule has 0 bridgehead atoms. The Morgan fingerprint density at radius 2 is 1.53 bits per heavy atom. The molecule has 1 aromatic carbocycles. The number of piperidine rings is 1. The van der Waals surface area contributed by atoms with E-state index in [1.165, 1.54) is 30.7 Å². The molecule has 2 fully saturated rings. The predicted octanol–water partition coefficient (Wildman–Crippen LogP) is 3.86. The molecule has 0 unspecified atom stereocenters. The highest BCUT2D eigenvalue weighted by Crippen LogP contribution is 2.20. The van der Waals surface area contributed by atoms with Gasteiger partial charge < -0.3 is 20.3 Å². The Morgan fingerprint density at radius 3 is 2.13 bits per heavy atom. The first-order chi connectivity index (χ1) is 14.3. The number of nitrogens with one attached hydrogen (secondary N) is 2. The number of urea groups is 1. The molecule has 0 spiro atoms. The van der Waals surface area contributed by atoms with Crippen molar-refractivity contribution in [2.24, 2.45) is 0 Å². The van der Waals surface area contributed by atoms with Crippen LogP contribution in [0.25, 0.3) is 0 Å². The molecule has 1 heterocycles. The molecule has 9 heteroatoms. The Morgan fingerprint density at radius 1 is 0.933 bits per heavy atom. The molecule has 0 radical (unpaired) electrons. The van der Waals surface area contributed by atoms with Gasteiger partial charge in [0, 0.05) is 30.7 Å². The maximum Gasteiger partial charge on any atom is 0.422 e. The van der Waals surface area contributed by atoms with E-state index >= 15 is 0 Å². The lowest BCUT2D eigenvalue weighted by molar-refractivity contribution is -0.153. The van der Waals surface area contributed by atoms with Crippen LogP contribution in [0.1, 0.15) is 55.3 Å². The van der Waals surface area contributed by atoms with Gasteiger partial charge in [-0.3, -0.25) is 4.79 Å². The second-order valence-electron chi connectivity index (χ2n) is 7.95. The quantitative estimate of drug-likeness (QED) is 0.750. The van der Waals surface area contributed by atoms with Crippen molar-refractivity contribution in [3.8, 4) is 5.75 Å². The topological polar surface area (TPSA) is 70.7 Å². The summed E-state index contributed by atoms with van der Waals surface area (Å²) in [4.78, 5) is 26.6. The number of hydrogen-bond donors (Lipinski definition) is 2. The van der Waals surface area contributed by atoms with Crippen LogP contribution in [0.5, 0.6) is 5.75 Å². The van der Waals surface area contributed by atoms with Crippen molar-refractivity contribution >= 4 is 11.9 Å². The van der Waals surface area contributed by atoms with Gasteiger partial charge in [0.25, 0.3) is 5.91 Å².